The number of hydrogen-bond donors (Lipinski definition) is 2. The zero-order valence-corrected chi connectivity index (χ0v) is 11.2. The molecule has 0 aromatic heterocycles. The van der Waals surface area contributed by atoms with Gasteiger partial charge in [0.15, 0.2) is 5.78 Å². The Labute approximate surface area is 105 Å². The fraction of sp³-hybridized carbons (Fsp3) is 0.455. The Bertz CT molecular complexity index is 402. The van der Waals surface area contributed by atoms with Gasteiger partial charge >= 0.3 is 7.60 Å². The van der Waals surface area contributed by atoms with Crippen molar-refractivity contribution in [3.8, 4) is 0 Å². The van der Waals surface area contributed by atoms with E-state index in [1.165, 1.54) is 24.3 Å². The van der Waals surface area contributed by atoms with Crippen LogP contribution in [0.25, 0.3) is 0 Å². The lowest BCUT2D eigenvalue weighted by Gasteiger charge is -2.25. The summed E-state index contributed by atoms with van der Waals surface area (Å²) in [6.07, 6.45) is 0. The summed E-state index contributed by atoms with van der Waals surface area (Å²) >= 11 is 0. The van der Waals surface area contributed by atoms with Crippen molar-refractivity contribution in [1.29, 1.82) is 0 Å². The monoisotopic (exact) mass is 277 g/mol. The van der Waals surface area contributed by atoms with E-state index < -0.39 is 19.2 Å². The summed E-state index contributed by atoms with van der Waals surface area (Å²) < 4.78 is 35.6. The highest BCUT2D eigenvalue weighted by Crippen LogP contribution is 2.59. The average molecular weight is 277 g/mol. The fourth-order valence-electron chi connectivity index (χ4n) is 1.52. The van der Waals surface area contributed by atoms with Gasteiger partial charge in [-0.05, 0) is 31.5 Å². The van der Waals surface area contributed by atoms with Crippen LogP contribution < -0.4 is 5.48 Å². The molecule has 0 saturated carbocycles. The highest BCUT2D eigenvalue weighted by Gasteiger charge is 2.36. The van der Waals surface area contributed by atoms with Crippen LogP contribution in [0.1, 0.15) is 25.2 Å². The molecule has 7 heteroatoms. The first-order valence-electron chi connectivity index (χ1n) is 5.61. The zero-order valence-electron chi connectivity index (χ0n) is 10.3. The minimum atomic E-state index is -3.55. The van der Waals surface area contributed by atoms with Gasteiger partial charge in [0.1, 0.15) is 5.82 Å². The van der Waals surface area contributed by atoms with E-state index in [2.05, 4.69) is 0 Å². The second kappa shape index (κ2) is 6.97. The van der Waals surface area contributed by atoms with Gasteiger partial charge in [0, 0.05) is 0 Å². The van der Waals surface area contributed by atoms with E-state index in [-0.39, 0.29) is 13.2 Å². The van der Waals surface area contributed by atoms with E-state index in [9.17, 15) is 8.96 Å². The molecule has 0 aliphatic carbocycles. The second-order valence-corrected chi connectivity index (χ2v) is 5.57. The van der Waals surface area contributed by atoms with Crippen molar-refractivity contribution in [3.63, 3.8) is 0 Å². The van der Waals surface area contributed by atoms with E-state index in [1.54, 1.807) is 13.8 Å². The van der Waals surface area contributed by atoms with Gasteiger partial charge in [-0.1, -0.05) is 12.1 Å². The summed E-state index contributed by atoms with van der Waals surface area (Å²) in [5.41, 5.74) is 2.33. The van der Waals surface area contributed by atoms with Gasteiger partial charge in [-0.2, -0.15) is 5.48 Å². The quantitative estimate of drug-likeness (QED) is 0.592. The highest BCUT2D eigenvalue weighted by molar-refractivity contribution is 7.54. The predicted molar refractivity (Wildman–Crippen MR) is 64.9 cm³/mol. The summed E-state index contributed by atoms with van der Waals surface area (Å²) in [5, 5.41) is 9.16. The second-order valence-electron chi connectivity index (χ2n) is 3.46. The molecule has 0 aliphatic heterocycles. The third kappa shape index (κ3) is 3.60. The Morgan fingerprint density at radius 2 is 1.78 bits per heavy atom. The molecular weight excluding hydrogens is 260 g/mol. The van der Waals surface area contributed by atoms with Crippen LogP contribution in [0.3, 0.4) is 0 Å². The van der Waals surface area contributed by atoms with Gasteiger partial charge in [-0.3, -0.25) is 4.57 Å². The van der Waals surface area contributed by atoms with Crippen molar-refractivity contribution in [3.05, 3.63) is 35.6 Å². The van der Waals surface area contributed by atoms with Gasteiger partial charge in [0.25, 0.3) is 0 Å². The summed E-state index contributed by atoms with van der Waals surface area (Å²) in [4.78, 5) is 0. The first-order valence-corrected chi connectivity index (χ1v) is 7.22. The predicted octanol–water partition coefficient (Wildman–Crippen LogP) is 3.07. The maximum absolute atomic E-state index is 12.8. The molecule has 5 nitrogen and oxygen atoms in total. The van der Waals surface area contributed by atoms with Gasteiger partial charge < -0.3 is 14.3 Å². The normalized spacial score (nSPS) is 13.6. The molecule has 18 heavy (non-hydrogen) atoms. The lowest BCUT2D eigenvalue weighted by Crippen LogP contribution is -2.20. The van der Waals surface area contributed by atoms with Crippen molar-refractivity contribution in [2.75, 3.05) is 13.2 Å². The van der Waals surface area contributed by atoms with Crippen molar-refractivity contribution < 1.29 is 23.2 Å². The molecule has 1 aromatic carbocycles. The smallest absolute Gasteiger partial charge is 0.316 e. The topological polar surface area (TPSA) is 67.8 Å². The molecule has 0 radical (unpaired) electrons. The molecule has 1 unspecified atom stereocenters. The molecule has 1 atom stereocenters. The maximum Gasteiger partial charge on any atom is 0.354 e. The van der Waals surface area contributed by atoms with Crippen molar-refractivity contribution >= 4 is 7.60 Å². The van der Waals surface area contributed by atoms with Gasteiger partial charge in [0.2, 0.25) is 0 Å². The van der Waals surface area contributed by atoms with Crippen LogP contribution in [0.4, 0.5) is 4.39 Å². The molecule has 0 spiro atoms. The van der Waals surface area contributed by atoms with Gasteiger partial charge in [-0.15, -0.1) is 0 Å². The standard InChI is InChI=1S/C11H17FNO4P/c1-3-16-18(15,17-4-2)11(13-14)9-5-7-10(12)8-6-9/h5-8,11,13-14H,3-4H2,1-2H3. The SMILES string of the molecule is CCOP(=O)(OCC)C(NO)c1ccc(F)cc1. The van der Waals surface area contributed by atoms with E-state index in [0.717, 1.165) is 0 Å². The number of benzene rings is 1. The summed E-state index contributed by atoms with van der Waals surface area (Å²) in [6, 6.07) is 5.24. The van der Waals surface area contributed by atoms with Gasteiger partial charge in [-0.25, -0.2) is 4.39 Å². The third-order valence-corrected chi connectivity index (χ3v) is 4.52. The van der Waals surface area contributed by atoms with Crippen LogP contribution in [0, 0.1) is 5.82 Å². The van der Waals surface area contributed by atoms with Crippen molar-refractivity contribution in [2.45, 2.75) is 19.6 Å². The molecule has 0 heterocycles. The number of rotatable bonds is 7. The first-order chi connectivity index (χ1) is 8.57. The molecule has 102 valence electrons. The van der Waals surface area contributed by atoms with Crippen LogP contribution in [0.5, 0.6) is 0 Å². The summed E-state index contributed by atoms with van der Waals surface area (Å²) in [5.74, 6) is -1.46. The van der Waals surface area contributed by atoms with Crippen LogP contribution >= 0.6 is 7.60 Å². The van der Waals surface area contributed by atoms with Crippen molar-refractivity contribution in [1.82, 2.24) is 5.48 Å². The number of hydrogen-bond acceptors (Lipinski definition) is 5. The fourth-order valence-corrected chi connectivity index (χ4v) is 3.29. The zero-order chi connectivity index (χ0) is 13.6. The molecule has 0 fully saturated rings. The molecule has 0 amide bonds. The Hall–Kier alpha value is -0.780. The molecule has 0 aliphatic rings. The van der Waals surface area contributed by atoms with Gasteiger partial charge in [0.05, 0.1) is 13.2 Å². The van der Waals surface area contributed by atoms with E-state index in [4.69, 9.17) is 14.3 Å². The van der Waals surface area contributed by atoms with Crippen LogP contribution in [0.15, 0.2) is 24.3 Å². The lowest BCUT2D eigenvalue weighted by molar-refractivity contribution is 0.125. The van der Waals surface area contributed by atoms with Crippen molar-refractivity contribution in [2.24, 2.45) is 0 Å². The number of halogens is 1. The largest absolute Gasteiger partial charge is 0.354 e. The molecule has 1 aromatic rings. The molecular formula is C11H17FNO4P. The molecule has 1 rings (SSSR count). The lowest BCUT2D eigenvalue weighted by atomic mass is 10.2. The minimum absolute atomic E-state index is 0.177. The van der Waals surface area contributed by atoms with Crippen LogP contribution in [-0.2, 0) is 13.6 Å². The maximum atomic E-state index is 12.8. The summed E-state index contributed by atoms with van der Waals surface area (Å²) in [6.45, 7) is 3.70. The van der Waals surface area contributed by atoms with Crippen LogP contribution in [-0.4, -0.2) is 18.4 Å². The van der Waals surface area contributed by atoms with Crippen LogP contribution in [0.2, 0.25) is 0 Å². The number of nitrogens with one attached hydrogen (secondary N) is 1. The third-order valence-electron chi connectivity index (χ3n) is 2.24. The minimum Gasteiger partial charge on any atom is -0.316 e. The molecule has 2 N–H and O–H groups in total. The highest BCUT2D eigenvalue weighted by atomic mass is 31.2. The Kier molecular flexibility index (Phi) is 5.91. The Morgan fingerprint density at radius 3 is 2.17 bits per heavy atom. The Morgan fingerprint density at radius 1 is 1.28 bits per heavy atom. The van der Waals surface area contributed by atoms with E-state index in [1.807, 2.05) is 5.48 Å². The average Bonchev–Trinajstić information content (AvgIpc) is 2.33. The molecule has 0 bridgehead atoms. The first kappa shape index (κ1) is 15.3. The van der Waals surface area contributed by atoms with E-state index >= 15 is 0 Å². The molecule has 0 saturated heterocycles. The Balaban J connectivity index is 3.05. The van der Waals surface area contributed by atoms with E-state index in [0.29, 0.717) is 5.56 Å². The number of hydroxylamine groups is 1. The summed E-state index contributed by atoms with van der Waals surface area (Å²) in [7, 11) is -3.55.